The number of alkyl halides is 3. The molecule has 2 aromatic carbocycles. The van der Waals surface area contributed by atoms with Crippen LogP contribution in [0, 0.1) is 11.3 Å². The molecule has 7 heteroatoms. The molecule has 1 heterocycles. The highest BCUT2D eigenvalue weighted by Gasteiger charge is 2.30. The molecule has 0 N–H and O–H groups in total. The van der Waals surface area contributed by atoms with E-state index in [1.165, 1.54) is 17.4 Å². The average Bonchev–Trinajstić information content (AvgIpc) is 2.94. The number of nitriles is 1. The second kappa shape index (κ2) is 6.27. The third-order valence-electron chi connectivity index (χ3n) is 3.23. The number of benzene rings is 2. The van der Waals surface area contributed by atoms with Crippen LogP contribution in [0.15, 0.2) is 42.5 Å². The molecule has 3 aromatic rings. The fraction of sp³-hybridized carbons (Fsp3) is 0.0588. The van der Waals surface area contributed by atoms with Gasteiger partial charge in [0, 0.05) is 5.02 Å². The summed E-state index contributed by atoms with van der Waals surface area (Å²) in [6, 6.07) is 12.3. The first kappa shape index (κ1) is 16.5. The maximum absolute atomic E-state index is 12.8. The second-order valence-corrected chi connectivity index (χ2v) is 6.39. The number of halogens is 4. The Labute approximate surface area is 144 Å². The van der Waals surface area contributed by atoms with Gasteiger partial charge in [-0.1, -0.05) is 23.7 Å². The standard InChI is InChI=1S/C17H8ClF3N2S/c18-13-3-1-2-10(7-13)6-11(9-22)16-23-14-8-12(17(19,20)21)4-5-15(14)24-16/h1-8H. The molecular formula is C17H8ClF3N2S. The number of allylic oxidation sites excluding steroid dienone is 1. The van der Waals surface area contributed by atoms with Crippen LogP contribution in [0.5, 0.6) is 0 Å². The van der Waals surface area contributed by atoms with Crippen LogP contribution < -0.4 is 0 Å². The van der Waals surface area contributed by atoms with Gasteiger partial charge in [0.1, 0.15) is 11.1 Å². The first-order valence-corrected chi connectivity index (χ1v) is 7.92. The van der Waals surface area contributed by atoms with Crippen molar-refractivity contribution in [1.82, 2.24) is 4.98 Å². The third kappa shape index (κ3) is 3.42. The predicted octanol–water partition coefficient (Wildman–Crippen LogP) is 6.03. The molecular weight excluding hydrogens is 357 g/mol. The molecule has 0 atom stereocenters. The average molecular weight is 365 g/mol. The molecule has 0 amide bonds. The summed E-state index contributed by atoms with van der Waals surface area (Å²) < 4.78 is 38.9. The summed E-state index contributed by atoms with van der Waals surface area (Å²) in [7, 11) is 0. The van der Waals surface area contributed by atoms with E-state index in [1.807, 2.05) is 6.07 Å². The summed E-state index contributed by atoms with van der Waals surface area (Å²) in [6.07, 6.45) is -2.82. The van der Waals surface area contributed by atoms with Crippen LogP contribution in [0.25, 0.3) is 21.9 Å². The second-order valence-electron chi connectivity index (χ2n) is 4.92. The summed E-state index contributed by atoms with van der Waals surface area (Å²) >= 11 is 7.08. The van der Waals surface area contributed by atoms with E-state index in [0.29, 0.717) is 20.3 Å². The van der Waals surface area contributed by atoms with E-state index in [9.17, 15) is 18.4 Å². The largest absolute Gasteiger partial charge is 0.416 e. The lowest BCUT2D eigenvalue weighted by molar-refractivity contribution is -0.137. The first-order chi connectivity index (χ1) is 11.4. The predicted molar refractivity (Wildman–Crippen MR) is 89.6 cm³/mol. The van der Waals surface area contributed by atoms with E-state index in [-0.39, 0.29) is 11.1 Å². The molecule has 0 radical (unpaired) electrons. The van der Waals surface area contributed by atoms with E-state index in [1.54, 1.807) is 30.3 Å². The van der Waals surface area contributed by atoms with Crippen molar-refractivity contribution >= 4 is 44.8 Å². The van der Waals surface area contributed by atoms with Crippen molar-refractivity contribution in [2.24, 2.45) is 0 Å². The van der Waals surface area contributed by atoms with E-state index in [0.717, 1.165) is 12.1 Å². The lowest BCUT2D eigenvalue weighted by atomic mass is 10.1. The number of nitrogens with zero attached hydrogens (tertiary/aromatic N) is 2. The van der Waals surface area contributed by atoms with Gasteiger partial charge >= 0.3 is 6.18 Å². The fourth-order valence-electron chi connectivity index (χ4n) is 2.12. The van der Waals surface area contributed by atoms with Crippen LogP contribution in [0.3, 0.4) is 0 Å². The van der Waals surface area contributed by atoms with Crippen molar-refractivity contribution < 1.29 is 13.2 Å². The number of thiazole rings is 1. The highest BCUT2D eigenvalue weighted by Crippen LogP contribution is 2.34. The molecule has 0 bridgehead atoms. The molecule has 0 saturated carbocycles. The van der Waals surface area contributed by atoms with Gasteiger partial charge in [-0.3, -0.25) is 0 Å². The Bertz CT molecular complexity index is 983. The topological polar surface area (TPSA) is 36.7 Å². The van der Waals surface area contributed by atoms with Crippen molar-refractivity contribution in [3.63, 3.8) is 0 Å². The molecule has 1 aromatic heterocycles. The summed E-state index contributed by atoms with van der Waals surface area (Å²) in [5.74, 6) is 0. The van der Waals surface area contributed by atoms with Crippen molar-refractivity contribution in [2.45, 2.75) is 6.18 Å². The molecule has 120 valence electrons. The highest BCUT2D eigenvalue weighted by atomic mass is 35.5. The van der Waals surface area contributed by atoms with E-state index < -0.39 is 11.7 Å². The van der Waals surface area contributed by atoms with Gasteiger partial charge in [-0.2, -0.15) is 18.4 Å². The van der Waals surface area contributed by atoms with Gasteiger partial charge < -0.3 is 0 Å². The zero-order valence-electron chi connectivity index (χ0n) is 11.9. The van der Waals surface area contributed by atoms with Crippen molar-refractivity contribution in [2.75, 3.05) is 0 Å². The normalized spacial score (nSPS) is 12.4. The molecule has 24 heavy (non-hydrogen) atoms. The number of fused-ring (bicyclic) bond motifs is 1. The Morgan fingerprint density at radius 1 is 1.21 bits per heavy atom. The van der Waals surface area contributed by atoms with Crippen LogP contribution >= 0.6 is 22.9 Å². The van der Waals surface area contributed by atoms with Crippen molar-refractivity contribution in [3.05, 3.63) is 63.6 Å². The Morgan fingerprint density at radius 2 is 2.00 bits per heavy atom. The molecule has 0 fully saturated rings. The van der Waals surface area contributed by atoms with Crippen molar-refractivity contribution in [1.29, 1.82) is 5.26 Å². The smallest absolute Gasteiger partial charge is 0.235 e. The van der Waals surface area contributed by atoms with Crippen LogP contribution in [-0.4, -0.2) is 4.98 Å². The molecule has 0 unspecified atom stereocenters. The van der Waals surface area contributed by atoms with Gasteiger partial charge in [0.25, 0.3) is 0 Å². The number of rotatable bonds is 2. The lowest BCUT2D eigenvalue weighted by Gasteiger charge is -2.04. The summed E-state index contributed by atoms with van der Waals surface area (Å²) in [5, 5.41) is 10.2. The summed E-state index contributed by atoms with van der Waals surface area (Å²) in [5.41, 5.74) is 0.447. The monoisotopic (exact) mass is 364 g/mol. The van der Waals surface area contributed by atoms with Crippen LogP contribution in [0.2, 0.25) is 5.02 Å². The first-order valence-electron chi connectivity index (χ1n) is 6.72. The lowest BCUT2D eigenvalue weighted by Crippen LogP contribution is -2.03. The quantitative estimate of drug-likeness (QED) is 0.520. The van der Waals surface area contributed by atoms with Gasteiger partial charge in [0.05, 0.1) is 21.4 Å². The molecule has 0 saturated heterocycles. The third-order valence-corrected chi connectivity index (χ3v) is 4.53. The minimum absolute atomic E-state index is 0.220. The molecule has 0 spiro atoms. The molecule has 3 rings (SSSR count). The SMILES string of the molecule is N#CC(=Cc1cccc(Cl)c1)c1nc2cc(C(F)(F)F)ccc2s1. The molecule has 0 aliphatic rings. The van der Waals surface area contributed by atoms with Crippen LogP contribution in [0.1, 0.15) is 16.1 Å². The number of hydrogen-bond acceptors (Lipinski definition) is 3. The van der Waals surface area contributed by atoms with Gasteiger partial charge in [-0.25, -0.2) is 4.98 Å². The molecule has 0 aliphatic carbocycles. The zero-order chi connectivity index (χ0) is 17.3. The minimum Gasteiger partial charge on any atom is -0.235 e. The van der Waals surface area contributed by atoms with Gasteiger partial charge in [0.2, 0.25) is 0 Å². The Morgan fingerprint density at radius 3 is 2.67 bits per heavy atom. The van der Waals surface area contributed by atoms with Gasteiger partial charge in [0.15, 0.2) is 0 Å². The molecule has 0 aliphatic heterocycles. The number of hydrogen-bond donors (Lipinski definition) is 0. The number of aromatic nitrogens is 1. The maximum atomic E-state index is 12.8. The Balaban J connectivity index is 2.06. The maximum Gasteiger partial charge on any atom is 0.416 e. The zero-order valence-corrected chi connectivity index (χ0v) is 13.5. The van der Waals surface area contributed by atoms with E-state index in [2.05, 4.69) is 4.98 Å². The van der Waals surface area contributed by atoms with Gasteiger partial charge in [-0.15, -0.1) is 11.3 Å². The van der Waals surface area contributed by atoms with E-state index >= 15 is 0 Å². The summed E-state index contributed by atoms with van der Waals surface area (Å²) in [4.78, 5) is 4.17. The Hall–Kier alpha value is -2.36. The van der Waals surface area contributed by atoms with Crippen molar-refractivity contribution in [3.8, 4) is 6.07 Å². The van der Waals surface area contributed by atoms with E-state index in [4.69, 9.17) is 11.6 Å². The Kier molecular flexibility index (Phi) is 4.31. The molecule has 2 nitrogen and oxygen atoms in total. The summed E-state index contributed by atoms with van der Waals surface area (Å²) in [6.45, 7) is 0. The van der Waals surface area contributed by atoms with Crippen LogP contribution in [-0.2, 0) is 6.18 Å². The minimum atomic E-state index is -4.42. The van der Waals surface area contributed by atoms with Crippen LogP contribution in [0.4, 0.5) is 13.2 Å². The highest BCUT2D eigenvalue weighted by molar-refractivity contribution is 7.19. The van der Waals surface area contributed by atoms with Gasteiger partial charge in [-0.05, 0) is 42.0 Å². The fourth-order valence-corrected chi connectivity index (χ4v) is 3.23.